The summed E-state index contributed by atoms with van der Waals surface area (Å²) in [5, 5.41) is 8.86. The first-order valence-electron chi connectivity index (χ1n) is 4.55. The van der Waals surface area contributed by atoms with Crippen LogP contribution in [0.2, 0.25) is 0 Å². The molecule has 0 saturated carbocycles. The van der Waals surface area contributed by atoms with Crippen LogP contribution in [0.25, 0.3) is 0 Å². The predicted octanol–water partition coefficient (Wildman–Crippen LogP) is 2.99. The highest BCUT2D eigenvalue weighted by molar-refractivity contribution is 8.12. The summed E-state index contributed by atoms with van der Waals surface area (Å²) in [4.78, 5) is 0. The van der Waals surface area contributed by atoms with Gasteiger partial charge >= 0.3 is 0 Å². The fraction of sp³-hybridized carbons (Fsp3) is 0.889. The highest BCUT2D eigenvalue weighted by Gasteiger charge is 2.22. The molecule has 0 rings (SSSR count). The van der Waals surface area contributed by atoms with Crippen molar-refractivity contribution in [1.29, 1.82) is 5.26 Å². The van der Waals surface area contributed by atoms with Crippen molar-refractivity contribution in [2.24, 2.45) is 5.92 Å². The van der Waals surface area contributed by atoms with Crippen LogP contribution >= 0.6 is 6.26 Å². The van der Waals surface area contributed by atoms with Crippen LogP contribution in [-0.4, -0.2) is 18.9 Å². The molecule has 2 atom stereocenters. The molecule has 0 aliphatic rings. The maximum Gasteiger partial charge on any atom is 0.0971 e. The molecule has 0 aromatic carbocycles. The molecule has 0 aliphatic heterocycles. The molecule has 4 heteroatoms. The smallest absolute Gasteiger partial charge is 0.0971 e. The minimum atomic E-state index is -1.88. The van der Waals surface area contributed by atoms with Crippen molar-refractivity contribution >= 4 is 18.1 Å². The molecule has 76 valence electrons. The second-order valence-corrected chi connectivity index (χ2v) is 8.53. The molecule has 0 aromatic rings. The summed E-state index contributed by atoms with van der Waals surface area (Å²) < 4.78 is 5.64. The molecule has 0 unspecified atom stereocenters. The van der Waals surface area contributed by atoms with Gasteiger partial charge in [0.15, 0.2) is 0 Å². The van der Waals surface area contributed by atoms with E-state index < -0.39 is 6.26 Å². The third-order valence-corrected chi connectivity index (χ3v) is 5.12. The summed E-state index contributed by atoms with van der Waals surface area (Å²) >= 11 is 5.35. The first-order valence-corrected chi connectivity index (χ1v) is 7.79. The van der Waals surface area contributed by atoms with E-state index in [1.54, 1.807) is 0 Å². The number of nitriles is 1. The second-order valence-electron chi connectivity index (χ2n) is 3.65. The molecule has 0 spiro atoms. The van der Waals surface area contributed by atoms with E-state index in [9.17, 15) is 0 Å². The minimum Gasteiger partial charge on any atom is -0.349 e. The Bertz CT molecular complexity index is 234. The molecule has 0 N–H and O–H groups in total. The van der Waals surface area contributed by atoms with Crippen molar-refractivity contribution in [2.45, 2.75) is 32.9 Å². The van der Waals surface area contributed by atoms with Gasteiger partial charge in [-0.25, -0.2) is 0 Å². The molecule has 0 heterocycles. The Labute approximate surface area is 86.4 Å². The first-order chi connectivity index (χ1) is 5.94. The molecule has 0 aromatic heterocycles. The van der Waals surface area contributed by atoms with Gasteiger partial charge < -0.3 is 4.52 Å². The van der Waals surface area contributed by atoms with Gasteiger partial charge in [-0.3, -0.25) is 0 Å². The second kappa shape index (κ2) is 5.75. The van der Waals surface area contributed by atoms with Crippen molar-refractivity contribution in [3.8, 4) is 6.07 Å². The van der Waals surface area contributed by atoms with E-state index in [2.05, 4.69) is 19.9 Å². The van der Waals surface area contributed by atoms with Gasteiger partial charge in [0.05, 0.1) is 24.6 Å². The molecule has 0 saturated heterocycles. The van der Waals surface area contributed by atoms with E-state index in [4.69, 9.17) is 21.6 Å². The normalized spacial score (nSPS) is 17.8. The van der Waals surface area contributed by atoms with Gasteiger partial charge in [0.25, 0.3) is 0 Å². The van der Waals surface area contributed by atoms with Crippen LogP contribution in [-0.2, 0) is 16.3 Å². The van der Waals surface area contributed by atoms with Gasteiger partial charge in [-0.1, -0.05) is 32.6 Å². The molecular formula is C9H18NOPS. The maximum atomic E-state index is 8.86. The monoisotopic (exact) mass is 219 g/mol. The number of rotatable bonds is 5. The van der Waals surface area contributed by atoms with Gasteiger partial charge in [0, 0.05) is 0 Å². The Hall–Kier alpha value is 0.100. The zero-order valence-corrected chi connectivity index (χ0v) is 10.5. The van der Waals surface area contributed by atoms with Gasteiger partial charge in [-0.2, -0.15) is 5.26 Å². The molecule has 0 amide bonds. The first kappa shape index (κ1) is 13.1. The van der Waals surface area contributed by atoms with E-state index in [-0.39, 0.29) is 5.66 Å². The molecule has 0 aliphatic carbocycles. The van der Waals surface area contributed by atoms with Crippen molar-refractivity contribution in [3.05, 3.63) is 0 Å². The van der Waals surface area contributed by atoms with Crippen molar-refractivity contribution in [1.82, 2.24) is 0 Å². The van der Waals surface area contributed by atoms with Crippen LogP contribution in [0.4, 0.5) is 0 Å². The van der Waals surface area contributed by atoms with E-state index >= 15 is 0 Å². The predicted molar refractivity (Wildman–Crippen MR) is 60.7 cm³/mol. The van der Waals surface area contributed by atoms with Crippen LogP contribution in [0.15, 0.2) is 0 Å². The minimum absolute atomic E-state index is 0.0822. The van der Waals surface area contributed by atoms with Crippen molar-refractivity contribution < 1.29 is 4.52 Å². The zero-order chi connectivity index (χ0) is 10.5. The average molecular weight is 219 g/mol. The highest BCUT2D eigenvalue weighted by Crippen LogP contribution is 2.49. The Morgan fingerprint density at radius 1 is 1.54 bits per heavy atom. The summed E-state index contributed by atoms with van der Waals surface area (Å²) in [7, 11) is 0. The standard InChI is InChI=1S/C9H18NOPS/c1-5-9(6-10)12(4,13)11-7-8(2)3/h8-9H,5,7H2,1-4H3/t9-,12-/m0/s1. The zero-order valence-electron chi connectivity index (χ0n) is 8.78. The van der Waals surface area contributed by atoms with E-state index in [1.807, 2.05) is 13.6 Å². The third kappa shape index (κ3) is 4.76. The Morgan fingerprint density at radius 2 is 2.08 bits per heavy atom. The third-order valence-electron chi connectivity index (χ3n) is 1.77. The van der Waals surface area contributed by atoms with Gasteiger partial charge in [0.1, 0.15) is 0 Å². The maximum absolute atomic E-state index is 8.86. The van der Waals surface area contributed by atoms with Gasteiger partial charge in [-0.05, 0) is 19.0 Å². The number of hydrogen-bond acceptors (Lipinski definition) is 3. The summed E-state index contributed by atoms with van der Waals surface area (Å²) in [6.07, 6.45) is -1.09. The fourth-order valence-electron chi connectivity index (χ4n) is 0.915. The molecule has 0 bridgehead atoms. The molecule has 0 fully saturated rings. The summed E-state index contributed by atoms with van der Waals surface area (Å²) in [5.41, 5.74) is -0.0822. The van der Waals surface area contributed by atoms with Crippen LogP contribution < -0.4 is 0 Å². The SMILES string of the molecule is CC[C@@H](C#N)[P@](C)(=S)OCC(C)C. The quantitative estimate of drug-likeness (QED) is 0.666. The molecule has 2 nitrogen and oxygen atoms in total. The van der Waals surface area contributed by atoms with Crippen molar-refractivity contribution in [3.63, 3.8) is 0 Å². The fourth-order valence-corrected chi connectivity index (χ4v) is 3.33. The number of nitrogens with zero attached hydrogens (tertiary/aromatic N) is 1. The van der Waals surface area contributed by atoms with Gasteiger partial charge in [-0.15, -0.1) is 0 Å². The van der Waals surface area contributed by atoms with Crippen LogP contribution in [0.3, 0.4) is 0 Å². The lowest BCUT2D eigenvalue weighted by Crippen LogP contribution is -2.09. The molecule has 13 heavy (non-hydrogen) atoms. The summed E-state index contributed by atoms with van der Waals surface area (Å²) in [5.74, 6) is 0.485. The van der Waals surface area contributed by atoms with E-state index in [0.29, 0.717) is 12.5 Å². The Morgan fingerprint density at radius 3 is 2.38 bits per heavy atom. The van der Waals surface area contributed by atoms with Crippen LogP contribution in [0.5, 0.6) is 0 Å². The summed E-state index contributed by atoms with van der Waals surface area (Å²) in [6.45, 7) is 8.75. The van der Waals surface area contributed by atoms with Gasteiger partial charge in [0.2, 0.25) is 0 Å². The molecular weight excluding hydrogens is 201 g/mol. The number of hydrogen-bond donors (Lipinski definition) is 0. The molecule has 0 radical (unpaired) electrons. The van der Waals surface area contributed by atoms with Crippen molar-refractivity contribution in [2.75, 3.05) is 13.3 Å². The lowest BCUT2D eigenvalue weighted by atomic mass is 10.2. The lowest BCUT2D eigenvalue weighted by Gasteiger charge is -2.22. The average Bonchev–Trinajstić information content (AvgIpc) is 2.03. The topological polar surface area (TPSA) is 33.0 Å². The van der Waals surface area contributed by atoms with Crippen LogP contribution in [0.1, 0.15) is 27.2 Å². The Kier molecular flexibility index (Phi) is 5.80. The lowest BCUT2D eigenvalue weighted by molar-refractivity contribution is 0.296. The van der Waals surface area contributed by atoms with E-state index in [1.165, 1.54) is 0 Å². The Balaban J connectivity index is 4.23. The highest BCUT2D eigenvalue weighted by atomic mass is 32.4. The summed E-state index contributed by atoms with van der Waals surface area (Å²) in [6, 6.07) is 2.24. The van der Waals surface area contributed by atoms with E-state index in [0.717, 1.165) is 6.42 Å². The van der Waals surface area contributed by atoms with Crippen LogP contribution in [0, 0.1) is 17.2 Å². The largest absolute Gasteiger partial charge is 0.349 e.